The van der Waals surface area contributed by atoms with Crippen molar-refractivity contribution in [1.29, 1.82) is 0 Å². The molecule has 124 valence electrons. The molecule has 0 saturated heterocycles. The number of nitrogens with zero attached hydrogens (tertiary/aromatic N) is 3. The SMILES string of the molecule is C=C(C)c1c(C)nc(C#Cc2ccccc2)n1-c1nc(C)ccc1C. The lowest BCUT2D eigenvalue weighted by Gasteiger charge is -2.12. The third kappa shape index (κ3) is 3.39. The predicted molar refractivity (Wildman–Crippen MR) is 103 cm³/mol. The summed E-state index contributed by atoms with van der Waals surface area (Å²) in [5.74, 6) is 7.94. The lowest BCUT2D eigenvalue weighted by molar-refractivity contribution is 0.929. The second kappa shape index (κ2) is 6.78. The Hall–Kier alpha value is -3.12. The molecule has 0 unspecified atom stereocenters. The van der Waals surface area contributed by atoms with E-state index in [0.29, 0.717) is 5.82 Å². The van der Waals surface area contributed by atoms with Crippen LogP contribution in [-0.2, 0) is 0 Å². The minimum Gasteiger partial charge on any atom is -0.269 e. The van der Waals surface area contributed by atoms with Gasteiger partial charge in [-0.05, 0) is 63.0 Å². The van der Waals surface area contributed by atoms with Crippen LogP contribution in [0, 0.1) is 32.6 Å². The number of hydrogen-bond acceptors (Lipinski definition) is 2. The summed E-state index contributed by atoms with van der Waals surface area (Å²) in [6, 6.07) is 14.0. The van der Waals surface area contributed by atoms with Gasteiger partial charge in [0.25, 0.3) is 0 Å². The summed E-state index contributed by atoms with van der Waals surface area (Å²) in [7, 11) is 0. The second-order valence-electron chi connectivity index (χ2n) is 6.19. The van der Waals surface area contributed by atoms with Crippen molar-refractivity contribution in [2.75, 3.05) is 0 Å². The van der Waals surface area contributed by atoms with Gasteiger partial charge in [0.1, 0.15) is 5.82 Å². The highest BCUT2D eigenvalue weighted by molar-refractivity contribution is 5.64. The maximum absolute atomic E-state index is 4.73. The number of aryl methyl sites for hydroxylation is 3. The monoisotopic (exact) mass is 327 g/mol. The first-order chi connectivity index (χ1) is 12.0. The van der Waals surface area contributed by atoms with Crippen LogP contribution in [0.4, 0.5) is 0 Å². The summed E-state index contributed by atoms with van der Waals surface area (Å²) >= 11 is 0. The maximum Gasteiger partial charge on any atom is 0.192 e. The van der Waals surface area contributed by atoms with E-state index in [1.54, 1.807) is 0 Å². The van der Waals surface area contributed by atoms with Gasteiger partial charge in [-0.3, -0.25) is 4.57 Å². The van der Waals surface area contributed by atoms with E-state index in [4.69, 9.17) is 4.98 Å². The number of rotatable bonds is 2. The van der Waals surface area contributed by atoms with E-state index in [2.05, 4.69) is 29.5 Å². The molecular formula is C22H21N3. The first-order valence-corrected chi connectivity index (χ1v) is 8.24. The highest BCUT2D eigenvalue weighted by Crippen LogP contribution is 2.24. The van der Waals surface area contributed by atoms with Crippen LogP contribution in [0.25, 0.3) is 11.4 Å². The van der Waals surface area contributed by atoms with Crippen molar-refractivity contribution in [1.82, 2.24) is 14.5 Å². The minimum absolute atomic E-state index is 0.681. The Morgan fingerprint density at radius 3 is 2.36 bits per heavy atom. The molecule has 2 aromatic heterocycles. The molecule has 0 fully saturated rings. The summed E-state index contributed by atoms with van der Waals surface area (Å²) in [4.78, 5) is 9.41. The zero-order valence-electron chi connectivity index (χ0n) is 15.1. The molecule has 3 heteroatoms. The number of pyridine rings is 1. The molecule has 0 N–H and O–H groups in total. The van der Waals surface area contributed by atoms with Crippen LogP contribution < -0.4 is 0 Å². The van der Waals surface area contributed by atoms with Gasteiger partial charge in [-0.1, -0.05) is 36.8 Å². The number of imidazole rings is 1. The Morgan fingerprint density at radius 1 is 0.960 bits per heavy atom. The van der Waals surface area contributed by atoms with Crippen LogP contribution in [0.5, 0.6) is 0 Å². The molecule has 0 saturated carbocycles. The Kier molecular flexibility index (Phi) is 4.54. The normalized spacial score (nSPS) is 10.2. The van der Waals surface area contributed by atoms with Crippen LogP contribution in [0.3, 0.4) is 0 Å². The van der Waals surface area contributed by atoms with Crippen LogP contribution in [-0.4, -0.2) is 14.5 Å². The topological polar surface area (TPSA) is 30.7 Å². The van der Waals surface area contributed by atoms with Crippen molar-refractivity contribution < 1.29 is 0 Å². The maximum atomic E-state index is 4.73. The van der Waals surface area contributed by atoms with E-state index in [-0.39, 0.29) is 0 Å². The molecule has 1 aromatic carbocycles. The first kappa shape index (κ1) is 16.7. The van der Waals surface area contributed by atoms with Gasteiger partial charge >= 0.3 is 0 Å². The summed E-state index contributed by atoms with van der Waals surface area (Å²) in [6.07, 6.45) is 0. The molecule has 0 spiro atoms. The number of benzene rings is 1. The van der Waals surface area contributed by atoms with E-state index >= 15 is 0 Å². The Bertz CT molecular complexity index is 999. The largest absolute Gasteiger partial charge is 0.269 e. The summed E-state index contributed by atoms with van der Waals surface area (Å²) in [6.45, 7) is 12.1. The predicted octanol–water partition coefficient (Wildman–Crippen LogP) is 4.63. The first-order valence-electron chi connectivity index (χ1n) is 8.24. The molecule has 0 amide bonds. The molecule has 3 aromatic rings. The highest BCUT2D eigenvalue weighted by atomic mass is 15.1. The second-order valence-corrected chi connectivity index (χ2v) is 6.19. The van der Waals surface area contributed by atoms with Gasteiger partial charge in [0.2, 0.25) is 0 Å². The van der Waals surface area contributed by atoms with Gasteiger partial charge in [0, 0.05) is 11.3 Å². The number of aromatic nitrogens is 3. The van der Waals surface area contributed by atoms with Crippen molar-refractivity contribution in [2.45, 2.75) is 27.7 Å². The molecule has 0 bridgehead atoms. The molecule has 2 heterocycles. The quantitative estimate of drug-likeness (QED) is 0.643. The molecule has 25 heavy (non-hydrogen) atoms. The fourth-order valence-electron chi connectivity index (χ4n) is 2.81. The van der Waals surface area contributed by atoms with Gasteiger partial charge in [0.05, 0.1) is 11.4 Å². The van der Waals surface area contributed by atoms with Gasteiger partial charge < -0.3 is 0 Å². The van der Waals surface area contributed by atoms with Crippen LogP contribution in [0.1, 0.15) is 41.0 Å². The van der Waals surface area contributed by atoms with Crippen LogP contribution >= 0.6 is 0 Å². The number of hydrogen-bond donors (Lipinski definition) is 0. The fraction of sp³-hybridized carbons (Fsp3) is 0.182. The van der Waals surface area contributed by atoms with E-state index in [1.807, 2.05) is 68.7 Å². The number of allylic oxidation sites excluding steroid dienone is 1. The molecule has 0 aliphatic heterocycles. The third-order valence-corrected chi connectivity index (χ3v) is 3.97. The van der Waals surface area contributed by atoms with Crippen molar-refractivity contribution >= 4 is 5.57 Å². The molecule has 0 aliphatic carbocycles. The molecular weight excluding hydrogens is 306 g/mol. The third-order valence-electron chi connectivity index (χ3n) is 3.97. The summed E-state index contributed by atoms with van der Waals surface area (Å²) < 4.78 is 2.02. The van der Waals surface area contributed by atoms with E-state index < -0.39 is 0 Å². The molecule has 3 nitrogen and oxygen atoms in total. The van der Waals surface area contributed by atoms with Gasteiger partial charge in [-0.25, -0.2) is 9.97 Å². The zero-order valence-corrected chi connectivity index (χ0v) is 15.1. The van der Waals surface area contributed by atoms with Crippen molar-refractivity contribution in [2.24, 2.45) is 0 Å². The zero-order chi connectivity index (χ0) is 18.0. The molecule has 0 aliphatic rings. The van der Waals surface area contributed by atoms with E-state index in [1.165, 1.54) is 0 Å². The standard InChI is InChI=1S/C22H21N3/c1-15(2)21-18(5)24-20(14-13-19-9-7-6-8-10-19)25(21)22-16(3)11-12-17(4)23-22/h6-12H,1H2,2-5H3. The average molecular weight is 327 g/mol. The average Bonchev–Trinajstić information content (AvgIpc) is 2.92. The van der Waals surface area contributed by atoms with Crippen LogP contribution in [0.15, 0.2) is 49.0 Å². The molecule has 3 rings (SSSR count). The molecule has 0 atom stereocenters. The van der Waals surface area contributed by atoms with Gasteiger partial charge in [0.15, 0.2) is 5.82 Å². The van der Waals surface area contributed by atoms with Crippen molar-refractivity contribution in [3.63, 3.8) is 0 Å². The van der Waals surface area contributed by atoms with E-state index in [0.717, 1.165) is 39.6 Å². The fourth-order valence-corrected chi connectivity index (χ4v) is 2.81. The van der Waals surface area contributed by atoms with E-state index in [9.17, 15) is 0 Å². The Labute approximate surface area is 149 Å². The Balaban J connectivity index is 2.24. The Morgan fingerprint density at radius 2 is 1.68 bits per heavy atom. The minimum atomic E-state index is 0.681. The van der Waals surface area contributed by atoms with Crippen LogP contribution in [0.2, 0.25) is 0 Å². The lowest BCUT2D eigenvalue weighted by atomic mass is 10.2. The van der Waals surface area contributed by atoms with Gasteiger partial charge in [-0.15, -0.1) is 0 Å². The molecule has 0 radical (unpaired) electrons. The van der Waals surface area contributed by atoms with Gasteiger partial charge in [-0.2, -0.15) is 0 Å². The lowest BCUT2D eigenvalue weighted by Crippen LogP contribution is -2.07. The van der Waals surface area contributed by atoms with Crippen molar-refractivity contribution in [3.8, 4) is 17.7 Å². The highest BCUT2D eigenvalue weighted by Gasteiger charge is 2.18. The summed E-state index contributed by atoms with van der Waals surface area (Å²) in [5.41, 5.74) is 5.82. The van der Waals surface area contributed by atoms with Crippen molar-refractivity contribution in [3.05, 3.63) is 83.1 Å². The summed E-state index contributed by atoms with van der Waals surface area (Å²) in [5, 5.41) is 0. The smallest absolute Gasteiger partial charge is 0.192 e.